The van der Waals surface area contributed by atoms with Crippen molar-refractivity contribution in [2.75, 3.05) is 12.4 Å². The molecular weight excluding hydrogens is 240 g/mol. The number of carbonyl (C=O) groups is 2. The van der Waals surface area contributed by atoms with Gasteiger partial charge in [-0.1, -0.05) is 0 Å². The molecule has 1 saturated heterocycles. The number of esters is 2. The van der Waals surface area contributed by atoms with E-state index in [-0.39, 0.29) is 17.9 Å². The Labute approximate surface area is 106 Å². The monoisotopic (exact) mass is 260 g/mol. The molecule has 0 aromatic heterocycles. The highest BCUT2D eigenvalue weighted by atomic mass is 32.2. The van der Waals surface area contributed by atoms with Crippen LogP contribution in [0.2, 0.25) is 0 Å². The summed E-state index contributed by atoms with van der Waals surface area (Å²) in [7, 11) is 0. The van der Waals surface area contributed by atoms with Crippen LogP contribution in [0, 0.1) is 5.92 Å². The maximum atomic E-state index is 11.9. The van der Waals surface area contributed by atoms with Gasteiger partial charge in [-0.15, -0.1) is 11.8 Å². The number of ether oxygens (including phenoxy) is 2. The Kier molecular flexibility index (Phi) is 4.86. The van der Waals surface area contributed by atoms with Crippen LogP contribution in [0.3, 0.4) is 0 Å². The Morgan fingerprint density at radius 2 is 1.94 bits per heavy atom. The minimum Gasteiger partial charge on any atom is -0.465 e. The second-order valence-corrected chi connectivity index (χ2v) is 6.22. The summed E-state index contributed by atoms with van der Waals surface area (Å²) in [5.74, 6) is -0.155. The quantitative estimate of drug-likeness (QED) is 0.727. The highest BCUT2D eigenvalue weighted by molar-refractivity contribution is 8.00. The Balaban J connectivity index is 2.63. The molecule has 17 heavy (non-hydrogen) atoms. The molecule has 0 N–H and O–H groups in total. The summed E-state index contributed by atoms with van der Waals surface area (Å²) in [6.07, 6.45) is 0.684. The van der Waals surface area contributed by atoms with E-state index in [9.17, 15) is 9.59 Å². The lowest BCUT2D eigenvalue weighted by atomic mass is 10.0. The number of rotatable bonds is 3. The van der Waals surface area contributed by atoms with Crippen molar-refractivity contribution >= 4 is 23.7 Å². The first kappa shape index (κ1) is 14.4. The van der Waals surface area contributed by atoms with E-state index < -0.39 is 10.9 Å². The SMILES string of the molecule is CCOC(=O)C1SCCC1C(=O)OC(C)(C)C. The smallest absolute Gasteiger partial charge is 0.319 e. The predicted molar refractivity (Wildman–Crippen MR) is 66.8 cm³/mol. The zero-order chi connectivity index (χ0) is 13.1. The summed E-state index contributed by atoms with van der Waals surface area (Å²) in [5, 5.41) is -0.398. The van der Waals surface area contributed by atoms with Crippen LogP contribution in [0.15, 0.2) is 0 Å². The normalized spacial score (nSPS) is 24.5. The van der Waals surface area contributed by atoms with Gasteiger partial charge in [-0.25, -0.2) is 0 Å². The molecule has 0 bridgehead atoms. The van der Waals surface area contributed by atoms with Crippen molar-refractivity contribution in [3.05, 3.63) is 0 Å². The summed E-state index contributed by atoms with van der Waals surface area (Å²) in [5.41, 5.74) is -0.510. The molecular formula is C12H20O4S. The molecule has 0 aromatic rings. The van der Waals surface area contributed by atoms with Crippen LogP contribution < -0.4 is 0 Å². The molecule has 0 spiro atoms. The van der Waals surface area contributed by atoms with E-state index in [1.54, 1.807) is 6.92 Å². The minimum absolute atomic E-state index is 0.291. The lowest BCUT2D eigenvalue weighted by Crippen LogP contribution is -2.35. The van der Waals surface area contributed by atoms with Crippen molar-refractivity contribution < 1.29 is 19.1 Å². The zero-order valence-corrected chi connectivity index (χ0v) is 11.6. The van der Waals surface area contributed by atoms with Crippen LogP contribution in [0.1, 0.15) is 34.1 Å². The van der Waals surface area contributed by atoms with Crippen molar-refractivity contribution in [1.82, 2.24) is 0 Å². The molecule has 0 amide bonds. The van der Waals surface area contributed by atoms with Crippen LogP contribution in [0.4, 0.5) is 0 Å². The predicted octanol–water partition coefficient (Wildman–Crippen LogP) is 2.01. The third-order valence-electron chi connectivity index (χ3n) is 2.32. The van der Waals surface area contributed by atoms with E-state index >= 15 is 0 Å². The molecule has 1 aliphatic heterocycles. The third-order valence-corrected chi connectivity index (χ3v) is 3.67. The van der Waals surface area contributed by atoms with Crippen molar-refractivity contribution in [2.24, 2.45) is 5.92 Å². The van der Waals surface area contributed by atoms with Gasteiger partial charge in [0.15, 0.2) is 0 Å². The van der Waals surface area contributed by atoms with E-state index in [0.717, 1.165) is 5.75 Å². The van der Waals surface area contributed by atoms with Crippen molar-refractivity contribution in [1.29, 1.82) is 0 Å². The van der Waals surface area contributed by atoms with Gasteiger partial charge in [0.05, 0.1) is 12.5 Å². The first-order valence-corrected chi connectivity index (χ1v) is 6.91. The minimum atomic E-state index is -0.510. The molecule has 0 saturated carbocycles. The molecule has 2 atom stereocenters. The molecule has 1 rings (SSSR count). The molecule has 1 aliphatic rings. The lowest BCUT2D eigenvalue weighted by Gasteiger charge is -2.23. The van der Waals surface area contributed by atoms with Crippen molar-refractivity contribution in [3.63, 3.8) is 0 Å². The first-order chi connectivity index (χ1) is 7.85. The molecule has 98 valence electrons. The van der Waals surface area contributed by atoms with Gasteiger partial charge in [-0.2, -0.15) is 0 Å². The van der Waals surface area contributed by atoms with Crippen molar-refractivity contribution in [3.8, 4) is 0 Å². The lowest BCUT2D eigenvalue weighted by molar-refractivity contribution is -0.163. The summed E-state index contributed by atoms with van der Waals surface area (Å²) in [6, 6.07) is 0. The van der Waals surface area contributed by atoms with Gasteiger partial charge in [-0.3, -0.25) is 9.59 Å². The van der Waals surface area contributed by atoms with E-state index in [0.29, 0.717) is 13.0 Å². The summed E-state index contributed by atoms with van der Waals surface area (Å²) in [6.45, 7) is 7.59. The van der Waals surface area contributed by atoms with Gasteiger partial charge in [0.2, 0.25) is 0 Å². The molecule has 4 nitrogen and oxygen atoms in total. The van der Waals surface area contributed by atoms with E-state index in [1.165, 1.54) is 11.8 Å². The molecule has 2 unspecified atom stereocenters. The molecule has 0 radical (unpaired) electrons. The Bertz CT molecular complexity index is 295. The number of hydrogen-bond donors (Lipinski definition) is 0. The maximum Gasteiger partial charge on any atom is 0.319 e. The summed E-state index contributed by atoms with van der Waals surface area (Å²) < 4.78 is 10.3. The summed E-state index contributed by atoms with van der Waals surface area (Å²) >= 11 is 1.48. The maximum absolute atomic E-state index is 11.9. The van der Waals surface area contributed by atoms with Crippen LogP contribution in [-0.2, 0) is 19.1 Å². The van der Waals surface area contributed by atoms with Gasteiger partial charge in [-0.05, 0) is 39.9 Å². The fourth-order valence-corrected chi connectivity index (χ4v) is 2.99. The third kappa shape index (κ3) is 4.22. The Morgan fingerprint density at radius 3 is 2.47 bits per heavy atom. The van der Waals surface area contributed by atoms with Gasteiger partial charge >= 0.3 is 11.9 Å². The highest BCUT2D eigenvalue weighted by Gasteiger charge is 2.41. The van der Waals surface area contributed by atoms with Gasteiger partial charge in [0, 0.05) is 0 Å². The zero-order valence-electron chi connectivity index (χ0n) is 10.8. The molecule has 0 aliphatic carbocycles. The Hall–Kier alpha value is -0.710. The van der Waals surface area contributed by atoms with Crippen molar-refractivity contribution in [2.45, 2.75) is 45.0 Å². The van der Waals surface area contributed by atoms with E-state index in [1.807, 2.05) is 20.8 Å². The average molecular weight is 260 g/mol. The fraction of sp³-hybridized carbons (Fsp3) is 0.833. The largest absolute Gasteiger partial charge is 0.465 e. The standard InChI is InChI=1S/C12H20O4S/c1-5-15-11(14)9-8(6-7-17-9)10(13)16-12(2,3)4/h8-9H,5-7H2,1-4H3. The second-order valence-electron chi connectivity index (χ2n) is 4.97. The molecule has 5 heteroatoms. The first-order valence-electron chi connectivity index (χ1n) is 5.86. The van der Waals surface area contributed by atoms with Gasteiger partial charge < -0.3 is 9.47 Å². The van der Waals surface area contributed by atoms with Crippen LogP contribution in [0.25, 0.3) is 0 Å². The highest BCUT2D eigenvalue weighted by Crippen LogP contribution is 2.34. The van der Waals surface area contributed by atoms with Crippen LogP contribution in [-0.4, -0.2) is 35.1 Å². The van der Waals surface area contributed by atoms with Gasteiger partial charge in [0.25, 0.3) is 0 Å². The molecule has 0 aromatic carbocycles. The number of thioether (sulfide) groups is 1. The molecule has 1 heterocycles. The topological polar surface area (TPSA) is 52.6 Å². The van der Waals surface area contributed by atoms with E-state index in [2.05, 4.69) is 0 Å². The van der Waals surface area contributed by atoms with Crippen LogP contribution in [0.5, 0.6) is 0 Å². The average Bonchev–Trinajstić information content (AvgIpc) is 2.63. The number of hydrogen-bond acceptors (Lipinski definition) is 5. The molecule has 1 fully saturated rings. The number of carbonyl (C=O) groups excluding carboxylic acids is 2. The van der Waals surface area contributed by atoms with Gasteiger partial charge in [0.1, 0.15) is 10.9 Å². The van der Waals surface area contributed by atoms with Crippen LogP contribution >= 0.6 is 11.8 Å². The second kappa shape index (κ2) is 5.76. The van der Waals surface area contributed by atoms with E-state index in [4.69, 9.17) is 9.47 Å². The summed E-state index contributed by atoms with van der Waals surface area (Å²) in [4.78, 5) is 23.6. The fourth-order valence-electron chi connectivity index (χ4n) is 1.67. The Morgan fingerprint density at radius 1 is 1.29 bits per heavy atom.